The van der Waals surface area contributed by atoms with Crippen LogP contribution in [-0.2, 0) is 9.53 Å². The standard InChI is InChI=1S/C12H14FN3O3.ClH/c1-19-12(18)8-3-2-4-10(15-8)16-11(17)9-5-7(13)6-14-9;/h2-4,7,9,14H,5-6H2,1H3,(H,15,16,17);1H/t7-,9+;/m1./s1. The number of aromatic nitrogens is 1. The number of carbonyl (C=O) groups is 2. The van der Waals surface area contributed by atoms with E-state index in [1.54, 1.807) is 12.1 Å². The third-order valence-electron chi connectivity index (χ3n) is 2.79. The summed E-state index contributed by atoms with van der Waals surface area (Å²) in [6.45, 7) is 0.174. The first kappa shape index (κ1) is 16.3. The molecule has 1 fully saturated rings. The van der Waals surface area contributed by atoms with Crippen LogP contribution < -0.4 is 10.6 Å². The van der Waals surface area contributed by atoms with Crippen molar-refractivity contribution in [2.75, 3.05) is 19.0 Å². The molecule has 0 saturated carbocycles. The number of hydrogen-bond donors (Lipinski definition) is 2. The lowest BCUT2D eigenvalue weighted by Crippen LogP contribution is -2.35. The van der Waals surface area contributed by atoms with Crippen molar-refractivity contribution in [3.05, 3.63) is 23.9 Å². The SMILES string of the molecule is COC(=O)c1cccc(NC(=O)[C@@H]2C[C@@H](F)CN2)n1.Cl. The predicted molar refractivity (Wildman–Crippen MR) is 72.8 cm³/mol. The highest BCUT2D eigenvalue weighted by Gasteiger charge is 2.29. The number of pyridine rings is 1. The number of halogens is 2. The van der Waals surface area contributed by atoms with E-state index in [4.69, 9.17) is 0 Å². The first-order valence-electron chi connectivity index (χ1n) is 5.84. The molecule has 6 nitrogen and oxygen atoms in total. The van der Waals surface area contributed by atoms with Gasteiger partial charge in [0.1, 0.15) is 12.0 Å². The maximum absolute atomic E-state index is 13.0. The molecule has 0 aliphatic carbocycles. The molecule has 0 spiro atoms. The van der Waals surface area contributed by atoms with Gasteiger partial charge in [0.05, 0.1) is 13.2 Å². The Bertz CT molecular complexity index is 501. The molecule has 1 aliphatic rings. The summed E-state index contributed by atoms with van der Waals surface area (Å²) in [7, 11) is 1.25. The van der Waals surface area contributed by atoms with Crippen molar-refractivity contribution >= 4 is 30.1 Å². The highest BCUT2D eigenvalue weighted by Crippen LogP contribution is 2.12. The first-order chi connectivity index (χ1) is 9.10. The summed E-state index contributed by atoms with van der Waals surface area (Å²) in [6.07, 6.45) is -0.868. The number of hydrogen-bond acceptors (Lipinski definition) is 5. The van der Waals surface area contributed by atoms with Crippen molar-refractivity contribution < 1.29 is 18.7 Å². The monoisotopic (exact) mass is 303 g/mol. The average molecular weight is 304 g/mol. The van der Waals surface area contributed by atoms with Gasteiger partial charge in [-0.2, -0.15) is 0 Å². The van der Waals surface area contributed by atoms with Crippen LogP contribution in [0.1, 0.15) is 16.9 Å². The van der Waals surface area contributed by atoms with E-state index >= 15 is 0 Å². The van der Waals surface area contributed by atoms with Gasteiger partial charge < -0.3 is 15.4 Å². The third-order valence-corrected chi connectivity index (χ3v) is 2.79. The molecular formula is C12H15ClFN3O3. The second kappa shape index (κ2) is 7.16. The van der Waals surface area contributed by atoms with Gasteiger partial charge >= 0.3 is 5.97 Å². The molecule has 110 valence electrons. The maximum atomic E-state index is 13.0. The van der Waals surface area contributed by atoms with E-state index in [1.807, 2.05) is 0 Å². The molecule has 0 bridgehead atoms. The van der Waals surface area contributed by atoms with Crippen molar-refractivity contribution in [3.63, 3.8) is 0 Å². The number of amides is 1. The molecule has 0 unspecified atom stereocenters. The van der Waals surface area contributed by atoms with Crippen LogP contribution in [0.25, 0.3) is 0 Å². The van der Waals surface area contributed by atoms with Crippen LogP contribution in [-0.4, -0.2) is 42.7 Å². The summed E-state index contributed by atoms with van der Waals surface area (Å²) in [5.74, 6) is -0.717. The molecular weight excluding hydrogens is 289 g/mol. The minimum atomic E-state index is -1.01. The van der Waals surface area contributed by atoms with Gasteiger partial charge in [0.25, 0.3) is 0 Å². The molecule has 2 N–H and O–H groups in total. The van der Waals surface area contributed by atoms with Crippen LogP contribution in [0.4, 0.5) is 10.2 Å². The fraction of sp³-hybridized carbons (Fsp3) is 0.417. The normalized spacial score (nSPS) is 20.9. The van der Waals surface area contributed by atoms with Gasteiger partial charge in [-0.1, -0.05) is 6.07 Å². The molecule has 2 atom stereocenters. The number of carbonyl (C=O) groups excluding carboxylic acids is 2. The van der Waals surface area contributed by atoms with E-state index < -0.39 is 18.2 Å². The Labute approximate surface area is 121 Å². The molecule has 1 aromatic heterocycles. The number of nitrogens with zero attached hydrogens (tertiary/aromatic N) is 1. The van der Waals surface area contributed by atoms with Crippen molar-refractivity contribution in [3.8, 4) is 0 Å². The summed E-state index contributed by atoms with van der Waals surface area (Å²) in [5.41, 5.74) is 0.100. The summed E-state index contributed by atoms with van der Waals surface area (Å²) < 4.78 is 17.5. The number of esters is 1. The molecule has 0 aromatic carbocycles. The van der Waals surface area contributed by atoms with Crippen molar-refractivity contribution in [1.82, 2.24) is 10.3 Å². The van der Waals surface area contributed by atoms with Crippen molar-refractivity contribution in [2.24, 2.45) is 0 Å². The third kappa shape index (κ3) is 3.88. The van der Waals surface area contributed by atoms with Crippen LogP contribution in [0.15, 0.2) is 18.2 Å². The first-order valence-corrected chi connectivity index (χ1v) is 5.84. The molecule has 1 aliphatic heterocycles. The fourth-order valence-electron chi connectivity index (χ4n) is 1.83. The number of alkyl halides is 1. The molecule has 1 amide bonds. The highest BCUT2D eigenvalue weighted by molar-refractivity contribution is 5.95. The Hall–Kier alpha value is -1.73. The Balaban J connectivity index is 0.00000200. The van der Waals surface area contributed by atoms with Gasteiger partial charge in [0, 0.05) is 13.0 Å². The quantitative estimate of drug-likeness (QED) is 0.812. The molecule has 20 heavy (non-hydrogen) atoms. The highest BCUT2D eigenvalue weighted by atomic mass is 35.5. The van der Waals surface area contributed by atoms with E-state index in [-0.39, 0.29) is 42.8 Å². The summed E-state index contributed by atoms with van der Waals surface area (Å²) in [5, 5.41) is 5.31. The van der Waals surface area contributed by atoms with Crippen LogP contribution >= 0.6 is 12.4 Å². The molecule has 2 rings (SSSR count). The Kier molecular flexibility index (Phi) is 5.84. The minimum Gasteiger partial charge on any atom is -0.464 e. The number of anilines is 1. The fourth-order valence-corrected chi connectivity index (χ4v) is 1.83. The maximum Gasteiger partial charge on any atom is 0.356 e. The van der Waals surface area contributed by atoms with E-state index in [9.17, 15) is 14.0 Å². The largest absolute Gasteiger partial charge is 0.464 e. The molecule has 8 heteroatoms. The zero-order valence-electron chi connectivity index (χ0n) is 10.8. The van der Waals surface area contributed by atoms with Gasteiger partial charge in [0.15, 0.2) is 5.69 Å². The topological polar surface area (TPSA) is 80.3 Å². The summed E-state index contributed by atoms with van der Waals surface area (Å²) in [4.78, 5) is 27.1. The van der Waals surface area contributed by atoms with Crippen molar-refractivity contribution in [2.45, 2.75) is 18.6 Å². The van der Waals surface area contributed by atoms with Crippen LogP contribution in [0.3, 0.4) is 0 Å². The van der Waals surface area contributed by atoms with Crippen molar-refractivity contribution in [1.29, 1.82) is 0 Å². The van der Waals surface area contributed by atoms with Gasteiger partial charge in [-0.15, -0.1) is 12.4 Å². The number of ether oxygens (including phenoxy) is 1. The summed E-state index contributed by atoms with van der Waals surface area (Å²) in [6, 6.07) is 4.03. The van der Waals surface area contributed by atoms with Gasteiger partial charge in [0.2, 0.25) is 5.91 Å². The Morgan fingerprint density at radius 1 is 1.50 bits per heavy atom. The zero-order chi connectivity index (χ0) is 13.8. The lowest BCUT2D eigenvalue weighted by atomic mass is 10.2. The molecule has 2 heterocycles. The number of rotatable bonds is 3. The van der Waals surface area contributed by atoms with E-state index in [1.165, 1.54) is 13.2 Å². The number of methoxy groups -OCH3 is 1. The number of nitrogens with one attached hydrogen (secondary N) is 2. The van der Waals surface area contributed by atoms with Gasteiger partial charge in [-0.25, -0.2) is 14.2 Å². The Morgan fingerprint density at radius 2 is 2.25 bits per heavy atom. The second-order valence-corrected chi connectivity index (χ2v) is 4.18. The molecule has 1 aromatic rings. The van der Waals surface area contributed by atoms with E-state index in [0.29, 0.717) is 0 Å². The van der Waals surface area contributed by atoms with E-state index in [2.05, 4.69) is 20.4 Å². The van der Waals surface area contributed by atoms with E-state index in [0.717, 1.165) is 0 Å². The van der Waals surface area contributed by atoms with Gasteiger partial charge in [-0.3, -0.25) is 4.79 Å². The van der Waals surface area contributed by atoms with Gasteiger partial charge in [-0.05, 0) is 12.1 Å². The summed E-state index contributed by atoms with van der Waals surface area (Å²) >= 11 is 0. The lowest BCUT2D eigenvalue weighted by Gasteiger charge is -2.10. The van der Waals surface area contributed by atoms with Crippen LogP contribution in [0.2, 0.25) is 0 Å². The predicted octanol–water partition coefficient (Wildman–Crippen LogP) is 0.928. The minimum absolute atomic E-state index is 0. The second-order valence-electron chi connectivity index (χ2n) is 4.18. The Morgan fingerprint density at radius 3 is 2.85 bits per heavy atom. The zero-order valence-corrected chi connectivity index (χ0v) is 11.6. The van der Waals surface area contributed by atoms with Crippen LogP contribution in [0, 0.1) is 0 Å². The smallest absolute Gasteiger partial charge is 0.356 e. The molecule has 0 radical (unpaired) electrons. The average Bonchev–Trinajstić information content (AvgIpc) is 2.85. The van der Waals surface area contributed by atoms with Crippen LogP contribution in [0.5, 0.6) is 0 Å². The molecule has 1 saturated heterocycles. The lowest BCUT2D eigenvalue weighted by molar-refractivity contribution is -0.117.